The largest absolute Gasteiger partial charge is 0.356 e. The van der Waals surface area contributed by atoms with Gasteiger partial charge in [0.15, 0.2) is 5.96 Å². The van der Waals surface area contributed by atoms with E-state index in [4.69, 9.17) is 0 Å². The molecule has 0 saturated carbocycles. The van der Waals surface area contributed by atoms with Crippen molar-refractivity contribution in [3.63, 3.8) is 0 Å². The van der Waals surface area contributed by atoms with Crippen LogP contribution in [0.5, 0.6) is 0 Å². The second-order valence-corrected chi connectivity index (χ2v) is 7.05. The fourth-order valence-corrected chi connectivity index (χ4v) is 3.11. The number of carbonyl (C=O) groups excluding carboxylic acids is 1. The van der Waals surface area contributed by atoms with Gasteiger partial charge in [0, 0.05) is 45.7 Å². The van der Waals surface area contributed by atoms with Crippen LogP contribution >= 0.6 is 24.0 Å². The van der Waals surface area contributed by atoms with Crippen molar-refractivity contribution in [2.24, 2.45) is 4.99 Å². The van der Waals surface area contributed by atoms with Crippen LogP contribution in [0.2, 0.25) is 0 Å². The van der Waals surface area contributed by atoms with Gasteiger partial charge in [-0.25, -0.2) is 0 Å². The van der Waals surface area contributed by atoms with Gasteiger partial charge in [-0.2, -0.15) is 0 Å². The molecule has 0 bridgehead atoms. The van der Waals surface area contributed by atoms with E-state index in [1.165, 1.54) is 5.56 Å². The first-order valence-electron chi connectivity index (χ1n) is 9.85. The summed E-state index contributed by atoms with van der Waals surface area (Å²) in [5, 5.41) is 6.79. The van der Waals surface area contributed by atoms with Gasteiger partial charge in [0.2, 0.25) is 0 Å². The summed E-state index contributed by atoms with van der Waals surface area (Å²) >= 11 is 0. The summed E-state index contributed by atoms with van der Waals surface area (Å²) in [5.74, 6) is 1.28. The summed E-state index contributed by atoms with van der Waals surface area (Å²) in [6.07, 6.45) is 1.89. The highest BCUT2D eigenvalue weighted by atomic mass is 127. The Balaban J connectivity index is 0.00000420. The second-order valence-electron chi connectivity index (χ2n) is 7.05. The van der Waals surface area contributed by atoms with Gasteiger partial charge in [0.05, 0.1) is 0 Å². The Bertz CT molecular complexity index is 777. The van der Waals surface area contributed by atoms with E-state index in [2.05, 4.69) is 46.8 Å². The van der Waals surface area contributed by atoms with E-state index in [1.54, 1.807) is 26.0 Å². The van der Waals surface area contributed by atoms with Gasteiger partial charge in [0.25, 0.3) is 5.91 Å². The van der Waals surface area contributed by atoms with Crippen molar-refractivity contribution in [2.45, 2.75) is 25.7 Å². The van der Waals surface area contributed by atoms with E-state index in [9.17, 15) is 4.79 Å². The van der Waals surface area contributed by atoms with Crippen LogP contribution in [0.1, 0.15) is 40.7 Å². The van der Waals surface area contributed by atoms with Gasteiger partial charge in [-0.1, -0.05) is 49.4 Å². The van der Waals surface area contributed by atoms with E-state index in [-0.39, 0.29) is 29.9 Å². The summed E-state index contributed by atoms with van der Waals surface area (Å²) in [6.45, 7) is 3.80. The Morgan fingerprint density at radius 1 is 1.07 bits per heavy atom. The number of hydrogen-bond acceptors (Lipinski definition) is 2. The minimum Gasteiger partial charge on any atom is -0.356 e. The molecule has 1 unspecified atom stereocenters. The fourth-order valence-electron chi connectivity index (χ4n) is 3.11. The molecule has 0 aliphatic carbocycles. The quantitative estimate of drug-likeness (QED) is 0.323. The number of carbonyl (C=O) groups is 1. The van der Waals surface area contributed by atoms with Gasteiger partial charge in [-0.3, -0.25) is 9.79 Å². The Kier molecular flexibility index (Phi) is 11.3. The molecule has 0 aliphatic heterocycles. The lowest BCUT2D eigenvalue weighted by Gasteiger charge is -2.18. The molecule has 6 heteroatoms. The van der Waals surface area contributed by atoms with Gasteiger partial charge in [-0.05, 0) is 36.1 Å². The molecule has 2 N–H and O–H groups in total. The molecule has 0 radical (unpaired) electrons. The Labute approximate surface area is 192 Å². The van der Waals surface area contributed by atoms with Crippen LogP contribution in [0, 0.1) is 0 Å². The molecule has 158 valence electrons. The molecular weight excluding hydrogens is 475 g/mol. The maximum absolute atomic E-state index is 12.1. The number of nitrogens with one attached hydrogen (secondary N) is 2. The smallest absolute Gasteiger partial charge is 0.253 e. The standard InChI is InChI=1S/C23H32N4O.HI/c1-5-19(20-11-7-6-8-12-20)17-26-23(24-2)25-15-14-18-10-9-13-21(16-18)22(28)27(3)4;/h6-13,16,19H,5,14-15,17H2,1-4H3,(H2,24,25,26);1H. The molecule has 0 heterocycles. The third-order valence-corrected chi connectivity index (χ3v) is 4.79. The molecule has 1 amide bonds. The molecule has 0 saturated heterocycles. The highest BCUT2D eigenvalue weighted by Gasteiger charge is 2.10. The molecule has 0 spiro atoms. The first kappa shape index (κ1) is 24.9. The Morgan fingerprint density at radius 2 is 1.79 bits per heavy atom. The van der Waals surface area contributed by atoms with Crippen molar-refractivity contribution in [1.82, 2.24) is 15.5 Å². The van der Waals surface area contributed by atoms with E-state index < -0.39 is 0 Å². The number of aliphatic imine (C=N–C) groups is 1. The molecule has 0 aliphatic rings. The third kappa shape index (κ3) is 8.04. The highest BCUT2D eigenvalue weighted by molar-refractivity contribution is 14.0. The Hall–Kier alpha value is -2.09. The average Bonchev–Trinajstić information content (AvgIpc) is 2.73. The zero-order valence-electron chi connectivity index (χ0n) is 17.8. The maximum Gasteiger partial charge on any atom is 0.253 e. The van der Waals surface area contributed by atoms with Crippen LogP contribution < -0.4 is 10.6 Å². The van der Waals surface area contributed by atoms with Crippen molar-refractivity contribution in [1.29, 1.82) is 0 Å². The molecule has 0 fully saturated rings. The van der Waals surface area contributed by atoms with Crippen LogP contribution in [0.4, 0.5) is 0 Å². The Morgan fingerprint density at radius 3 is 2.41 bits per heavy atom. The molecule has 2 aromatic rings. The number of benzene rings is 2. The van der Waals surface area contributed by atoms with Crippen LogP contribution in [0.3, 0.4) is 0 Å². The SMILES string of the molecule is CCC(CNC(=NC)NCCc1cccc(C(=O)N(C)C)c1)c1ccccc1.I. The second kappa shape index (κ2) is 13.2. The average molecular weight is 508 g/mol. The van der Waals surface area contributed by atoms with Crippen LogP contribution in [-0.4, -0.2) is 51.0 Å². The summed E-state index contributed by atoms with van der Waals surface area (Å²) in [5.41, 5.74) is 3.19. The molecule has 2 aromatic carbocycles. The fraction of sp³-hybridized carbons (Fsp3) is 0.391. The monoisotopic (exact) mass is 508 g/mol. The minimum atomic E-state index is 0. The van der Waals surface area contributed by atoms with Gasteiger partial charge in [-0.15, -0.1) is 24.0 Å². The topological polar surface area (TPSA) is 56.7 Å². The third-order valence-electron chi connectivity index (χ3n) is 4.79. The van der Waals surface area contributed by atoms with Crippen LogP contribution in [0.25, 0.3) is 0 Å². The predicted octanol–water partition coefficient (Wildman–Crippen LogP) is 3.91. The lowest BCUT2D eigenvalue weighted by molar-refractivity contribution is 0.0827. The number of amides is 1. The number of guanidine groups is 1. The van der Waals surface area contributed by atoms with Gasteiger partial charge in [0.1, 0.15) is 0 Å². The number of hydrogen-bond donors (Lipinski definition) is 2. The van der Waals surface area contributed by atoms with Gasteiger partial charge >= 0.3 is 0 Å². The normalized spacial score (nSPS) is 11.9. The molecule has 29 heavy (non-hydrogen) atoms. The van der Waals surface area contributed by atoms with Crippen LogP contribution in [0.15, 0.2) is 59.6 Å². The summed E-state index contributed by atoms with van der Waals surface area (Å²) < 4.78 is 0. The minimum absolute atomic E-state index is 0. The van der Waals surface area contributed by atoms with Crippen molar-refractivity contribution in [2.75, 3.05) is 34.2 Å². The van der Waals surface area contributed by atoms with E-state index in [0.717, 1.165) is 43.0 Å². The summed E-state index contributed by atoms with van der Waals surface area (Å²) in [6, 6.07) is 18.4. The van der Waals surface area contributed by atoms with Crippen molar-refractivity contribution in [3.05, 3.63) is 71.3 Å². The highest BCUT2D eigenvalue weighted by Crippen LogP contribution is 2.17. The first-order valence-corrected chi connectivity index (χ1v) is 9.85. The van der Waals surface area contributed by atoms with E-state index in [0.29, 0.717) is 5.92 Å². The van der Waals surface area contributed by atoms with Gasteiger partial charge < -0.3 is 15.5 Å². The summed E-state index contributed by atoms with van der Waals surface area (Å²) in [4.78, 5) is 18.0. The number of rotatable bonds is 8. The van der Waals surface area contributed by atoms with Crippen LogP contribution in [-0.2, 0) is 6.42 Å². The number of halogens is 1. The zero-order valence-corrected chi connectivity index (χ0v) is 20.1. The van der Waals surface area contributed by atoms with E-state index >= 15 is 0 Å². The zero-order chi connectivity index (χ0) is 20.4. The molecule has 2 rings (SSSR count). The molecule has 0 aromatic heterocycles. The van der Waals surface area contributed by atoms with Crippen molar-refractivity contribution < 1.29 is 4.79 Å². The predicted molar refractivity (Wildman–Crippen MR) is 132 cm³/mol. The maximum atomic E-state index is 12.1. The van der Waals surface area contributed by atoms with E-state index in [1.807, 2.05) is 30.3 Å². The lowest BCUT2D eigenvalue weighted by atomic mass is 9.97. The number of nitrogens with zero attached hydrogens (tertiary/aromatic N) is 2. The molecular formula is C23H33IN4O. The lowest BCUT2D eigenvalue weighted by Crippen LogP contribution is -2.40. The molecule has 1 atom stereocenters. The molecule has 5 nitrogen and oxygen atoms in total. The first-order chi connectivity index (χ1) is 13.5. The van der Waals surface area contributed by atoms with Crippen molar-refractivity contribution >= 4 is 35.8 Å². The van der Waals surface area contributed by atoms with Crippen molar-refractivity contribution in [3.8, 4) is 0 Å². The summed E-state index contributed by atoms with van der Waals surface area (Å²) in [7, 11) is 5.33.